The largest absolute Gasteiger partial charge is 0.300 e. The van der Waals surface area contributed by atoms with Crippen molar-refractivity contribution in [2.24, 2.45) is 10.4 Å². The molecule has 0 aromatic heterocycles. The monoisotopic (exact) mass is 197 g/mol. The van der Waals surface area contributed by atoms with Gasteiger partial charge in [0.15, 0.2) is 0 Å². The third kappa shape index (κ3) is 4.54. The summed E-state index contributed by atoms with van der Waals surface area (Å²) in [4.78, 5) is 15.3. The van der Waals surface area contributed by atoms with E-state index in [9.17, 15) is 4.79 Å². The average Bonchev–Trinajstić information content (AvgIpc) is 2.11. The number of hydrogen-bond acceptors (Lipinski definition) is 2. The summed E-state index contributed by atoms with van der Waals surface area (Å²) in [5.74, 6) is 0.269. The van der Waals surface area contributed by atoms with E-state index in [0.29, 0.717) is 6.42 Å². The Bertz CT molecular complexity index is 216. The van der Waals surface area contributed by atoms with E-state index < -0.39 is 0 Å². The standard InChI is InChI=1S/C12H23NO/c1-6-7-11(13-5)12(3,4)9-8-10(2)14/h6-9H2,1-5H3. The zero-order chi connectivity index (χ0) is 11.2. The molecule has 0 saturated heterocycles. The molecule has 0 amide bonds. The van der Waals surface area contributed by atoms with Crippen LogP contribution in [0.3, 0.4) is 0 Å². The Morgan fingerprint density at radius 1 is 1.29 bits per heavy atom. The van der Waals surface area contributed by atoms with Gasteiger partial charge in [0, 0.05) is 24.6 Å². The van der Waals surface area contributed by atoms with E-state index in [1.165, 1.54) is 5.71 Å². The number of rotatable bonds is 6. The molecule has 0 radical (unpaired) electrons. The Morgan fingerprint density at radius 2 is 1.86 bits per heavy atom. The topological polar surface area (TPSA) is 29.4 Å². The van der Waals surface area contributed by atoms with Crippen molar-refractivity contribution in [2.45, 2.75) is 53.4 Å². The highest BCUT2D eigenvalue weighted by atomic mass is 16.1. The molecule has 0 N–H and O–H groups in total. The molecule has 0 fully saturated rings. The van der Waals surface area contributed by atoms with Crippen LogP contribution in [0, 0.1) is 5.41 Å². The van der Waals surface area contributed by atoms with E-state index in [1.54, 1.807) is 6.92 Å². The normalized spacial score (nSPS) is 13.1. The molecule has 0 bridgehead atoms. The summed E-state index contributed by atoms with van der Waals surface area (Å²) in [7, 11) is 1.85. The summed E-state index contributed by atoms with van der Waals surface area (Å²) in [5, 5.41) is 0. The first-order chi connectivity index (χ1) is 6.44. The van der Waals surface area contributed by atoms with Gasteiger partial charge in [-0.2, -0.15) is 0 Å². The lowest BCUT2D eigenvalue weighted by atomic mass is 9.80. The van der Waals surface area contributed by atoms with Crippen LogP contribution >= 0.6 is 0 Å². The van der Waals surface area contributed by atoms with E-state index in [-0.39, 0.29) is 11.2 Å². The fourth-order valence-electron chi connectivity index (χ4n) is 1.62. The Kier molecular flexibility index (Phi) is 5.66. The van der Waals surface area contributed by atoms with Gasteiger partial charge in [-0.3, -0.25) is 4.99 Å². The molecule has 0 saturated carbocycles. The molecule has 0 unspecified atom stereocenters. The maximum Gasteiger partial charge on any atom is 0.129 e. The smallest absolute Gasteiger partial charge is 0.129 e. The minimum absolute atomic E-state index is 0.0798. The third-order valence-corrected chi connectivity index (χ3v) is 2.64. The minimum atomic E-state index is 0.0798. The number of nitrogens with zero attached hydrogens (tertiary/aromatic N) is 1. The highest BCUT2D eigenvalue weighted by Crippen LogP contribution is 2.26. The summed E-state index contributed by atoms with van der Waals surface area (Å²) < 4.78 is 0. The van der Waals surface area contributed by atoms with E-state index in [0.717, 1.165) is 19.3 Å². The van der Waals surface area contributed by atoms with Crippen molar-refractivity contribution in [3.05, 3.63) is 0 Å². The van der Waals surface area contributed by atoms with Gasteiger partial charge < -0.3 is 4.79 Å². The molecule has 14 heavy (non-hydrogen) atoms. The zero-order valence-corrected chi connectivity index (χ0v) is 10.2. The lowest BCUT2D eigenvalue weighted by Crippen LogP contribution is -2.25. The van der Waals surface area contributed by atoms with Crippen LogP contribution in [0.2, 0.25) is 0 Å². The lowest BCUT2D eigenvalue weighted by Gasteiger charge is -2.26. The first kappa shape index (κ1) is 13.3. The molecule has 0 aliphatic heterocycles. The molecule has 82 valence electrons. The lowest BCUT2D eigenvalue weighted by molar-refractivity contribution is -0.117. The van der Waals surface area contributed by atoms with Crippen molar-refractivity contribution >= 4 is 11.5 Å². The fraction of sp³-hybridized carbons (Fsp3) is 0.833. The second kappa shape index (κ2) is 5.94. The molecular weight excluding hydrogens is 174 g/mol. The predicted octanol–water partition coefficient (Wildman–Crippen LogP) is 3.25. The number of carbonyl (C=O) groups excluding carboxylic acids is 1. The van der Waals surface area contributed by atoms with Gasteiger partial charge in [-0.25, -0.2) is 0 Å². The van der Waals surface area contributed by atoms with Gasteiger partial charge in [0.05, 0.1) is 0 Å². The van der Waals surface area contributed by atoms with Gasteiger partial charge in [0.1, 0.15) is 5.78 Å². The molecule has 0 aromatic rings. The molecule has 0 heterocycles. The fourth-order valence-corrected chi connectivity index (χ4v) is 1.62. The van der Waals surface area contributed by atoms with E-state index >= 15 is 0 Å². The summed E-state index contributed by atoms with van der Waals surface area (Å²) in [6.45, 7) is 8.16. The van der Waals surface area contributed by atoms with Crippen LogP contribution in [0.15, 0.2) is 4.99 Å². The van der Waals surface area contributed by atoms with E-state index in [2.05, 4.69) is 25.8 Å². The molecule has 0 spiro atoms. The van der Waals surface area contributed by atoms with Crippen LogP contribution in [0.4, 0.5) is 0 Å². The molecule has 2 nitrogen and oxygen atoms in total. The predicted molar refractivity (Wildman–Crippen MR) is 62.0 cm³/mol. The van der Waals surface area contributed by atoms with Gasteiger partial charge in [-0.1, -0.05) is 27.2 Å². The number of carbonyl (C=O) groups is 1. The van der Waals surface area contributed by atoms with Crippen molar-refractivity contribution < 1.29 is 4.79 Å². The second-order valence-corrected chi connectivity index (χ2v) is 4.51. The van der Waals surface area contributed by atoms with E-state index in [1.807, 2.05) is 7.05 Å². The molecule has 0 aliphatic rings. The number of Topliss-reactive ketones (excluding diaryl/α,β-unsaturated/α-hetero) is 1. The molecule has 0 aliphatic carbocycles. The Morgan fingerprint density at radius 3 is 2.21 bits per heavy atom. The van der Waals surface area contributed by atoms with Crippen LogP contribution in [-0.4, -0.2) is 18.5 Å². The minimum Gasteiger partial charge on any atom is -0.300 e. The number of ketones is 1. The number of hydrogen-bond donors (Lipinski definition) is 0. The molecular formula is C12H23NO. The Labute approximate surface area is 87.8 Å². The van der Waals surface area contributed by atoms with Crippen LogP contribution in [0.1, 0.15) is 53.4 Å². The zero-order valence-electron chi connectivity index (χ0n) is 10.2. The molecule has 2 heteroatoms. The number of aliphatic imine (C=N–C) groups is 1. The first-order valence-corrected chi connectivity index (χ1v) is 5.39. The van der Waals surface area contributed by atoms with Crippen LogP contribution in [0.25, 0.3) is 0 Å². The van der Waals surface area contributed by atoms with Crippen molar-refractivity contribution in [1.82, 2.24) is 0 Å². The van der Waals surface area contributed by atoms with Gasteiger partial charge in [0.25, 0.3) is 0 Å². The Hall–Kier alpha value is -0.660. The SMILES string of the molecule is CCCC(=NC)C(C)(C)CCC(C)=O. The van der Waals surface area contributed by atoms with Gasteiger partial charge in [-0.15, -0.1) is 0 Å². The van der Waals surface area contributed by atoms with Crippen molar-refractivity contribution in [1.29, 1.82) is 0 Å². The van der Waals surface area contributed by atoms with E-state index in [4.69, 9.17) is 0 Å². The van der Waals surface area contributed by atoms with Crippen LogP contribution in [-0.2, 0) is 4.79 Å². The van der Waals surface area contributed by atoms with Gasteiger partial charge in [-0.05, 0) is 19.8 Å². The maximum atomic E-state index is 10.9. The quantitative estimate of drug-likeness (QED) is 0.601. The van der Waals surface area contributed by atoms with Crippen molar-refractivity contribution in [2.75, 3.05) is 7.05 Å². The molecule has 0 aromatic carbocycles. The molecule has 0 atom stereocenters. The summed E-state index contributed by atoms with van der Waals surface area (Å²) in [6, 6.07) is 0. The average molecular weight is 197 g/mol. The van der Waals surface area contributed by atoms with Crippen molar-refractivity contribution in [3.8, 4) is 0 Å². The maximum absolute atomic E-state index is 10.9. The summed E-state index contributed by atoms with van der Waals surface area (Å²) in [6.07, 6.45) is 3.74. The van der Waals surface area contributed by atoms with Crippen molar-refractivity contribution in [3.63, 3.8) is 0 Å². The van der Waals surface area contributed by atoms with Gasteiger partial charge in [0.2, 0.25) is 0 Å². The van der Waals surface area contributed by atoms with Gasteiger partial charge >= 0.3 is 0 Å². The first-order valence-electron chi connectivity index (χ1n) is 5.39. The Balaban J connectivity index is 4.33. The third-order valence-electron chi connectivity index (χ3n) is 2.64. The highest BCUT2D eigenvalue weighted by Gasteiger charge is 2.23. The summed E-state index contributed by atoms with van der Waals surface area (Å²) >= 11 is 0. The molecule has 0 rings (SSSR count). The van der Waals surface area contributed by atoms with Crippen LogP contribution in [0.5, 0.6) is 0 Å². The van der Waals surface area contributed by atoms with Crippen LogP contribution < -0.4 is 0 Å². The second-order valence-electron chi connectivity index (χ2n) is 4.51. The highest BCUT2D eigenvalue weighted by molar-refractivity contribution is 5.90. The summed E-state index contributed by atoms with van der Waals surface area (Å²) in [5.41, 5.74) is 1.32.